The highest BCUT2D eigenvalue weighted by Crippen LogP contribution is 2.14. The van der Waals surface area contributed by atoms with Crippen molar-refractivity contribution in [3.8, 4) is 5.75 Å². The fourth-order valence-corrected chi connectivity index (χ4v) is 2.03. The van der Waals surface area contributed by atoms with E-state index in [0.717, 1.165) is 25.0 Å². The van der Waals surface area contributed by atoms with E-state index < -0.39 is 12.4 Å². The quantitative estimate of drug-likeness (QED) is 0.440. The maximum atomic E-state index is 12.4. The molecule has 0 radical (unpaired) electrons. The van der Waals surface area contributed by atoms with Gasteiger partial charge in [0.25, 0.3) is 0 Å². The third kappa shape index (κ3) is 6.87. The summed E-state index contributed by atoms with van der Waals surface area (Å²) >= 11 is 0. The molecule has 0 spiro atoms. The van der Waals surface area contributed by atoms with Crippen LogP contribution in [0, 0.1) is 0 Å². The minimum absolute atomic E-state index is 0.514. The summed E-state index contributed by atoms with van der Waals surface area (Å²) in [5.41, 5.74) is -0.576. The molecule has 114 valence electrons. The Hall–Kier alpha value is -1.13. The maximum absolute atomic E-state index is 12.4. The summed E-state index contributed by atoms with van der Waals surface area (Å²) in [5, 5.41) is 0. The second kappa shape index (κ2) is 8.93. The molecule has 0 amide bonds. The first-order chi connectivity index (χ1) is 9.54. The molecule has 0 saturated carbocycles. The molecule has 0 aliphatic rings. The van der Waals surface area contributed by atoms with Gasteiger partial charge in [-0.2, -0.15) is 0 Å². The summed E-state index contributed by atoms with van der Waals surface area (Å²) in [5.74, 6) is 0.514. The number of rotatable bonds is 10. The average molecular weight is 287 g/mol. The standard InChI is InChI=1S/C15H23BF3O/c1-2-3-4-5-6-7-8-13-20-15-11-9-14(10-12-15)16(17,18)19/h9-12H,2-8,13H2,1H3/q-1. The first kappa shape index (κ1) is 16.9. The molecule has 1 rings (SSSR count). The number of unbranched alkanes of at least 4 members (excludes halogenated alkanes) is 6. The smallest absolute Gasteiger partial charge is 0.494 e. The van der Waals surface area contributed by atoms with Crippen LogP contribution in [0.15, 0.2) is 24.3 Å². The van der Waals surface area contributed by atoms with Gasteiger partial charge in [-0.15, -0.1) is 5.46 Å². The Balaban J connectivity index is 2.13. The van der Waals surface area contributed by atoms with Gasteiger partial charge in [-0.1, -0.05) is 57.6 Å². The van der Waals surface area contributed by atoms with E-state index in [1.807, 2.05) is 0 Å². The molecule has 0 N–H and O–H groups in total. The van der Waals surface area contributed by atoms with Crippen LogP contribution >= 0.6 is 0 Å². The third-order valence-electron chi connectivity index (χ3n) is 3.27. The van der Waals surface area contributed by atoms with Crippen LogP contribution in [0.5, 0.6) is 5.75 Å². The van der Waals surface area contributed by atoms with Crippen LogP contribution in [0.25, 0.3) is 0 Å². The monoisotopic (exact) mass is 287 g/mol. The van der Waals surface area contributed by atoms with Crippen molar-refractivity contribution < 1.29 is 17.7 Å². The van der Waals surface area contributed by atoms with Crippen LogP contribution in [0.2, 0.25) is 0 Å². The zero-order chi connectivity index (χ0) is 14.8. The Kier molecular flexibility index (Phi) is 7.56. The minimum Gasteiger partial charge on any atom is -0.494 e. The van der Waals surface area contributed by atoms with Gasteiger partial charge >= 0.3 is 6.98 Å². The van der Waals surface area contributed by atoms with Gasteiger partial charge in [0.05, 0.1) is 6.61 Å². The van der Waals surface area contributed by atoms with E-state index in [9.17, 15) is 12.9 Å². The molecule has 0 atom stereocenters. The zero-order valence-electron chi connectivity index (χ0n) is 12.1. The lowest BCUT2D eigenvalue weighted by Gasteiger charge is -2.15. The average Bonchev–Trinajstić information content (AvgIpc) is 2.41. The summed E-state index contributed by atoms with van der Waals surface area (Å²) in [7, 11) is 0. The van der Waals surface area contributed by atoms with Crippen LogP contribution in [-0.4, -0.2) is 13.6 Å². The molecule has 1 aromatic carbocycles. The Morgan fingerprint density at radius 1 is 0.850 bits per heavy atom. The Morgan fingerprint density at radius 2 is 1.40 bits per heavy atom. The summed E-state index contributed by atoms with van der Waals surface area (Å²) in [4.78, 5) is 0. The van der Waals surface area contributed by atoms with E-state index in [-0.39, 0.29) is 0 Å². The first-order valence-corrected chi connectivity index (χ1v) is 7.46. The van der Waals surface area contributed by atoms with Gasteiger partial charge in [-0.05, 0) is 18.6 Å². The van der Waals surface area contributed by atoms with Crippen molar-refractivity contribution in [1.82, 2.24) is 0 Å². The van der Waals surface area contributed by atoms with E-state index in [1.54, 1.807) is 0 Å². The maximum Gasteiger partial charge on any atom is 0.509 e. The summed E-state index contributed by atoms with van der Waals surface area (Å²) in [6.07, 6.45) is 8.37. The van der Waals surface area contributed by atoms with Crippen molar-refractivity contribution in [1.29, 1.82) is 0 Å². The van der Waals surface area contributed by atoms with Crippen LogP contribution in [0.4, 0.5) is 12.9 Å². The Labute approximate surface area is 119 Å². The molecule has 0 bridgehead atoms. The summed E-state index contributed by atoms with van der Waals surface area (Å²) < 4.78 is 42.7. The SMILES string of the molecule is CCCCCCCCCOc1ccc([B-](F)(F)F)cc1. The van der Waals surface area contributed by atoms with Gasteiger partial charge in [0.15, 0.2) is 0 Å². The lowest BCUT2D eigenvalue weighted by molar-refractivity contribution is 0.304. The van der Waals surface area contributed by atoms with Crippen molar-refractivity contribution in [3.05, 3.63) is 24.3 Å². The zero-order valence-corrected chi connectivity index (χ0v) is 12.1. The van der Waals surface area contributed by atoms with Crippen LogP contribution in [0.3, 0.4) is 0 Å². The molecule has 20 heavy (non-hydrogen) atoms. The van der Waals surface area contributed by atoms with Crippen LogP contribution in [0.1, 0.15) is 51.9 Å². The number of hydrogen-bond donors (Lipinski definition) is 0. The van der Waals surface area contributed by atoms with Gasteiger partial charge in [0.2, 0.25) is 0 Å². The molecule has 0 aromatic heterocycles. The molecule has 0 aliphatic heterocycles. The van der Waals surface area contributed by atoms with E-state index in [4.69, 9.17) is 4.74 Å². The second-order valence-electron chi connectivity index (χ2n) is 5.11. The number of ether oxygens (including phenoxy) is 1. The van der Waals surface area contributed by atoms with Crippen molar-refractivity contribution in [3.63, 3.8) is 0 Å². The van der Waals surface area contributed by atoms with Crippen molar-refractivity contribution >= 4 is 12.4 Å². The van der Waals surface area contributed by atoms with Crippen molar-refractivity contribution in [2.45, 2.75) is 51.9 Å². The van der Waals surface area contributed by atoms with Crippen molar-refractivity contribution in [2.24, 2.45) is 0 Å². The van der Waals surface area contributed by atoms with Crippen LogP contribution in [-0.2, 0) is 0 Å². The topological polar surface area (TPSA) is 9.23 Å². The molecular weight excluding hydrogens is 264 g/mol. The summed E-state index contributed by atoms with van der Waals surface area (Å²) in [6, 6.07) is 4.96. The van der Waals surface area contributed by atoms with E-state index in [2.05, 4.69) is 6.92 Å². The third-order valence-corrected chi connectivity index (χ3v) is 3.27. The molecular formula is C15H23BF3O-. The highest BCUT2D eigenvalue weighted by atomic mass is 19.4. The molecule has 1 aromatic rings. The Bertz CT molecular complexity index is 362. The van der Waals surface area contributed by atoms with Gasteiger partial charge in [0, 0.05) is 0 Å². The lowest BCUT2D eigenvalue weighted by atomic mass is 9.80. The van der Waals surface area contributed by atoms with Gasteiger partial charge in [-0.25, -0.2) is 0 Å². The fraction of sp³-hybridized carbons (Fsp3) is 0.600. The Morgan fingerprint density at radius 3 is 1.95 bits per heavy atom. The molecule has 5 heteroatoms. The fourth-order valence-electron chi connectivity index (χ4n) is 2.03. The van der Waals surface area contributed by atoms with Crippen molar-refractivity contribution in [2.75, 3.05) is 6.61 Å². The van der Waals surface area contributed by atoms with E-state index in [1.165, 1.54) is 44.2 Å². The lowest BCUT2D eigenvalue weighted by Crippen LogP contribution is -2.33. The highest BCUT2D eigenvalue weighted by molar-refractivity contribution is 6.73. The molecule has 0 unspecified atom stereocenters. The predicted molar refractivity (Wildman–Crippen MR) is 78.6 cm³/mol. The number of halogens is 3. The second-order valence-corrected chi connectivity index (χ2v) is 5.11. The van der Waals surface area contributed by atoms with Gasteiger partial charge in [0.1, 0.15) is 5.75 Å². The molecule has 0 saturated heterocycles. The highest BCUT2D eigenvalue weighted by Gasteiger charge is 2.24. The molecule has 0 heterocycles. The van der Waals surface area contributed by atoms with Gasteiger partial charge < -0.3 is 17.7 Å². The number of benzene rings is 1. The molecule has 0 fully saturated rings. The van der Waals surface area contributed by atoms with Crippen LogP contribution < -0.4 is 10.2 Å². The minimum atomic E-state index is -4.91. The normalized spacial score (nSPS) is 11.6. The number of hydrogen-bond acceptors (Lipinski definition) is 1. The molecule has 0 aliphatic carbocycles. The van der Waals surface area contributed by atoms with E-state index >= 15 is 0 Å². The summed E-state index contributed by atoms with van der Waals surface area (Å²) in [6.45, 7) is -2.14. The molecule has 1 nitrogen and oxygen atoms in total. The predicted octanol–water partition coefficient (Wildman–Crippen LogP) is 4.87. The van der Waals surface area contributed by atoms with E-state index in [0.29, 0.717) is 12.4 Å². The largest absolute Gasteiger partial charge is 0.509 e. The van der Waals surface area contributed by atoms with Gasteiger partial charge in [-0.3, -0.25) is 0 Å². The first-order valence-electron chi connectivity index (χ1n) is 7.46.